The summed E-state index contributed by atoms with van der Waals surface area (Å²) in [7, 11) is 0. The highest BCUT2D eigenvalue weighted by Gasteiger charge is 2.42. The lowest BCUT2D eigenvalue weighted by molar-refractivity contribution is 0.155. The number of urea groups is 1. The average Bonchev–Trinajstić information content (AvgIpc) is 3.26. The van der Waals surface area contributed by atoms with Crippen LogP contribution < -0.4 is 10.6 Å². The summed E-state index contributed by atoms with van der Waals surface area (Å²) in [5.41, 5.74) is -0.255. The van der Waals surface area contributed by atoms with Gasteiger partial charge in [0.25, 0.3) is 0 Å². The second kappa shape index (κ2) is 6.39. The van der Waals surface area contributed by atoms with Gasteiger partial charge in [0.05, 0.1) is 12.1 Å². The monoisotopic (exact) mass is 298 g/mol. The van der Waals surface area contributed by atoms with Crippen LogP contribution in [0.5, 0.6) is 0 Å². The minimum Gasteiger partial charge on any atom is -0.394 e. The van der Waals surface area contributed by atoms with E-state index < -0.39 is 17.2 Å². The van der Waals surface area contributed by atoms with Gasteiger partial charge < -0.3 is 15.7 Å². The summed E-state index contributed by atoms with van der Waals surface area (Å²) < 4.78 is 26.2. The maximum Gasteiger partial charge on any atom is 0.315 e. The minimum absolute atomic E-state index is 0.113. The van der Waals surface area contributed by atoms with Crippen molar-refractivity contribution in [3.63, 3.8) is 0 Å². The van der Waals surface area contributed by atoms with Gasteiger partial charge in [0.15, 0.2) is 0 Å². The molecule has 4 nitrogen and oxygen atoms in total. The highest BCUT2D eigenvalue weighted by Crippen LogP contribution is 2.39. The zero-order valence-electron chi connectivity index (χ0n) is 12.0. The number of halogens is 2. The van der Waals surface area contributed by atoms with Crippen LogP contribution in [0.25, 0.3) is 0 Å². The molecule has 0 radical (unpaired) electrons. The van der Waals surface area contributed by atoms with Crippen molar-refractivity contribution < 1.29 is 18.7 Å². The molecular weight excluding hydrogens is 278 g/mol. The molecule has 0 heterocycles. The van der Waals surface area contributed by atoms with Gasteiger partial charge in [0, 0.05) is 12.6 Å². The van der Waals surface area contributed by atoms with Gasteiger partial charge in [-0.15, -0.1) is 0 Å². The van der Waals surface area contributed by atoms with E-state index in [1.807, 2.05) is 6.92 Å². The van der Waals surface area contributed by atoms with Crippen molar-refractivity contribution in [2.45, 2.75) is 31.7 Å². The van der Waals surface area contributed by atoms with Crippen LogP contribution in [-0.4, -0.2) is 29.8 Å². The number of carbonyl (C=O) groups excluding carboxylic acids is 1. The highest BCUT2D eigenvalue weighted by molar-refractivity contribution is 5.74. The van der Waals surface area contributed by atoms with E-state index in [9.17, 15) is 18.7 Å². The molecule has 2 rings (SSSR count). The van der Waals surface area contributed by atoms with E-state index in [1.165, 1.54) is 12.1 Å². The first-order valence-electron chi connectivity index (χ1n) is 7.05. The second-order valence-electron chi connectivity index (χ2n) is 5.72. The van der Waals surface area contributed by atoms with Crippen molar-refractivity contribution in [3.8, 4) is 0 Å². The van der Waals surface area contributed by atoms with Crippen molar-refractivity contribution in [1.29, 1.82) is 0 Å². The van der Waals surface area contributed by atoms with Crippen LogP contribution >= 0.6 is 0 Å². The van der Waals surface area contributed by atoms with Gasteiger partial charge in [0.2, 0.25) is 0 Å². The van der Waals surface area contributed by atoms with Gasteiger partial charge in [-0.3, -0.25) is 0 Å². The fourth-order valence-electron chi connectivity index (χ4n) is 2.33. The van der Waals surface area contributed by atoms with Crippen LogP contribution in [0.4, 0.5) is 13.6 Å². The molecule has 1 fully saturated rings. The van der Waals surface area contributed by atoms with Gasteiger partial charge in [-0.1, -0.05) is 6.07 Å². The van der Waals surface area contributed by atoms with Crippen LogP contribution in [-0.2, 0) is 6.42 Å². The Hall–Kier alpha value is -1.69. The summed E-state index contributed by atoms with van der Waals surface area (Å²) >= 11 is 0. The maximum atomic E-state index is 13.4. The zero-order valence-corrected chi connectivity index (χ0v) is 12.0. The van der Waals surface area contributed by atoms with E-state index in [0.29, 0.717) is 11.5 Å². The predicted octanol–water partition coefficient (Wildman–Crippen LogP) is 1.97. The Bertz CT molecular complexity index is 520. The molecule has 1 unspecified atom stereocenters. The number of aliphatic hydroxyl groups is 1. The molecule has 116 valence electrons. The highest BCUT2D eigenvalue weighted by atomic mass is 19.1. The average molecular weight is 298 g/mol. The Labute approximate surface area is 122 Å². The van der Waals surface area contributed by atoms with Crippen LogP contribution in [0.15, 0.2) is 18.2 Å². The fraction of sp³-hybridized carbons (Fsp3) is 0.533. The Kier molecular flexibility index (Phi) is 4.77. The number of benzene rings is 1. The molecule has 1 saturated carbocycles. The number of amides is 2. The van der Waals surface area contributed by atoms with Crippen molar-refractivity contribution in [1.82, 2.24) is 10.6 Å². The molecule has 0 saturated heterocycles. The van der Waals surface area contributed by atoms with E-state index >= 15 is 0 Å². The largest absolute Gasteiger partial charge is 0.394 e. The molecule has 2 amide bonds. The van der Waals surface area contributed by atoms with Crippen LogP contribution in [0.3, 0.4) is 0 Å². The first-order valence-corrected chi connectivity index (χ1v) is 7.05. The van der Waals surface area contributed by atoms with E-state index in [0.717, 1.165) is 18.9 Å². The van der Waals surface area contributed by atoms with E-state index in [-0.39, 0.29) is 25.6 Å². The quantitative estimate of drug-likeness (QED) is 0.752. The van der Waals surface area contributed by atoms with E-state index in [2.05, 4.69) is 10.6 Å². The van der Waals surface area contributed by atoms with Crippen molar-refractivity contribution in [2.75, 3.05) is 13.2 Å². The van der Waals surface area contributed by atoms with E-state index in [4.69, 9.17) is 0 Å². The number of rotatable bonds is 6. The Morgan fingerprint density at radius 2 is 2.14 bits per heavy atom. The van der Waals surface area contributed by atoms with Gasteiger partial charge in [-0.25, -0.2) is 13.6 Å². The normalized spacial score (nSPS) is 17.1. The molecule has 3 N–H and O–H groups in total. The Balaban J connectivity index is 1.79. The number of hydrogen-bond donors (Lipinski definition) is 3. The number of hydrogen-bond acceptors (Lipinski definition) is 2. The van der Waals surface area contributed by atoms with Gasteiger partial charge in [-0.05, 0) is 43.7 Å². The third-order valence-corrected chi connectivity index (χ3v) is 3.90. The molecule has 1 aliphatic carbocycles. The maximum absolute atomic E-state index is 13.4. The molecule has 1 aliphatic rings. The number of nitrogens with one attached hydrogen (secondary N) is 2. The second-order valence-corrected chi connectivity index (χ2v) is 5.72. The van der Waals surface area contributed by atoms with Gasteiger partial charge in [-0.2, -0.15) is 0 Å². The summed E-state index contributed by atoms with van der Waals surface area (Å²) in [6, 6.07) is 2.99. The van der Waals surface area contributed by atoms with Gasteiger partial charge >= 0.3 is 6.03 Å². The zero-order chi connectivity index (χ0) is 15.5. The van der Waals surface area contributed by atoms with Crippen molar-refractivity contribution in [3.05, 3.63) is 35.4 Å². The Morgan fingerprint density at radius 3 is 2.71 bits per heavy atom. The molecule has 1 aromatic rings. The molecule has 1 aromatic carbocycles. The third kappa shape index (κ3) is 4.14. The van der Waals surface area contributed by atoms with Crippen LogP contribution in [0.2, 0.25) is 0 Å². The summed E-state index contributed by atoms with van der Waals surface area (Å²) in [4.78, 5) is 11.8. The van der Waals surface area contributed by atoms with Crippen LogP contribution in [0, 0.1) is 17.6 Å². The molecule has 1 atom stereocenters. The topological polar surface area (TPSA) is 61.4 Å². The summed E-state index contributed by atoms with van der Waals surface area (Å²) in [6.07, 6.45) is 2.27. The molecule has 0 aliphatic heterocycles. The summed E-state index contributed by atoms with van der Waals surface area (Å²) in [5.74, 6) is -0.928. The lowest BCUT2D eigenvalue weighted by Crippen LogP contribution is -2.54. The van der Waals surface area contributed by atoms with E-state index in [1.54, 1.807) is 0 Å². The lowest BCUT2D eigenvalue weighted by atomic mass is 9.97. The molecule has 21 heavy (non-hydrogen) atoms. The van der Waals surface area contributed by atoms with Gasteiger partial charge in [0.1, 0.15) is 11.6 Å². The SMILES string of the molecule is CC(CO)(NC(=O)NCCc1ccc(F)cc1F)C1CC1. The lowest BCUT2D eigenvalue weighted by Gasteiger charge is -2.28. The Morgan fingerprint density at radius 1 is 1.43 bits per heavy atom. The number of aliphatic hydroxyl groups excluding tert-OH is 1. The molecular formula is C15H20F2N2O2. The first kappa shape index (κ1) is 15.7. The third-order valence-electron chi connectivity index (χ3n) is 3.90. The van der Waals surface area contributed by atoms with Crippen LogP contribution in [0.1, 0.15) is 25.3 Å². The first-order chi connectivity index (χ1) is 9.94. The van der Waals surface area contributed by atoms with Crippen molar-refractivity contribution in [2.24, 2.45) is 5.92 Å². The van der Waals surface area contributed by atoms with Crippen molar-refractivity contribution >= 4 is 6.03 Å². The number of carbonyl (C=O) groups is 1. The minimum atomic E-state index is -0.620. The molecule has 0 aromatic heterocycles. The smallest absolute Gasteiger partial charge is 0.315 e. The molecule has 6 heteroatoms. The molecule has 0 bridgehead atoms. The molecule has 0 spiro atoms. The summed E-state index contributed by atoms with van der Waals surface area (Å²) in [6.45, 7) is 1.93. The standard InChI is InChI=1S/C15H20F2N2O2/c1-15(9-20,11-3-4-11)19-14(21)18-7-6-10-2-5-12(16)8-13(10)17/h2,5,8,11,20H,3-4,6-7,9H2,1H3,(H2,18,19,21). The predicted molar refractivity (Wildman–Crippen MR) is 74.8 cm³/mol. The summed E-state index contributed by atoms with van der Waals surface area (Å²) in [5, 5.41) is 14.8. The fourth-order valence-corrected chi connectivity index (χ4v) is 2.33.